The minimum atomic E-state index is -3.57. The summed E-state index contributed by atoms with van der Waals surface area (Å²) in [5.41, 5.74) is 2.37. The Labute approximate surface area is 148 Å². The molecule has 1 N–H and O–H groups in total. The van der Waals surface area contributed by atoms with Crippen LogP contribution in [0.2, 0.25) is 0 Å². The second-order valence-corrected chi connectivity index (χ2v) is 7.91. The third-order valence-electron chi connectivity index (χ3n) is 3.46. The van der Waals surface area contributed by atoms with E-state index in [9.17, 15) is 8.42 Å². The van der Waals surface area contributed by atoms with Gasteiger partial charge in [0.25, 0.3) is 0 Å². The maximum Gasteiger partial charge on any atom is 0.240 e. The van der Waals surface area contributed by atoms with Crippen molar-refractivity contribution in [2.24, 2.45) is 0 Å². The van der Waals surface area contributed by atoms with Gasteiger partial charge in [-0.25, -0.2) is 18.1 Å². The van der Waals surface area contributed by atoms with Gasteiger partial charge < -0.3 is 4.42 Å². The average molecular weight is 407 g/mol. The number of hydrogen-bond donors (Lipinski definition) is 1. The molecule has 0 atom stereocenters. The minimum absolute atomic E-state index is 0.212. The molecule has 5 nitrogen and oxygen atoms in total. The van der Waals surface area contributed by atoms with Crippen LogP contribution in [0.5, 0.6) is 0 Å². The highest BCUT2D eigenvalue weighted by Gasteiger charge is 2.14. The Morgan fingerprint density at radius 3 is 2.33 bits per heavy atom. The lowest BCUT2D eigenvalue weighted by atomic mass is 10.2. The fourth-order valence-corrected chi connectivity index (χ4v) is 3.45. The third-order valence-corrected chi connectivity index (χ3v) is 5.40. The molecule has 124 valence electrons. The molecule has 3 rings (SSSR count). The van der Waals surface area contributed by atoms with Gasteiger partial charge in [0.1, 0.15) is 12.0 Å². The van der Waals surface area contributed by atoms with E-state index in [2.05, 4.69) is 25.6 Å². The number of sulfonamides is 1. The highest BCUT2D eigenvalue weighted by molar-refractivity contribution is 9.10. The largest absolute Gasteiger partial charge is 0.449 e. The zero-order valence-corrected chi connectivity index (χ0v) is 15.3. The molecule has 0 aliphatic carbocycles. The molecule has 0 saturated heterocycles. The summed E-state index contributed by atoms with van der Waals surface area (Å²) in [5.74, 6) is 0.567. The third kappa shape index (κ3) is 3.92. The van der Waals surface area contributed by atoms with Crippen LogP contribution in [0.3, 0.4) is 0 Å². The van der Waals surface area contributed by atoms with Gasteiger partial charge in [-0.2, -0.15) is 0 Å². The molecule has 1 heterocycles. The standard InChI is InChI=1S/C17H15BrN2O3S/c1-12-20-17(11-23-12)14-4-8-16(9-5-14)24(21,22)19-10-13-2-6-15(18)7-3-13/h2-9,11,19H,10H2,1H3. The first kappa shape index (κ1) is 16.9. The van der Waals surface area contributed by atoms with Crippen LogP contribution in [0.25, 0.3) is 11.3 Å². The summed E-state index contributed by atoms with van der Waals surface area (Å²) in [6.45, 7) is 1.99. The summed E-state index contributed by atoms with van der Waals surface area (Å²) in [7, 11) is -3.57. The van der Waals surface area contributed by atoms with Crippen LogP contribution in [0, 0.1) is 6.92 Å². The molecule has 0 fully saturated rings. The summed E-state index contributed by atoms with van der Waals surface area (Å²) in [4.78, 5) is 4.43. The predicted molar refractivity (Wildman–Crippen MR) is 94.8 cm³/mol. The summed E-state index contributed by atoms with van der Waals surface area (Å²) < 4.78 is 33.5. The molecule has 0 saturated carbocycles. The quantitative estimate of drug-likeness (QED) is 0.697. The predicted octanol–water partition coefficient (Wildman–Crippen LogP) is 3.89. The van der Waals surface area contributed by atoms with Crippen LogP contribution in [0.4, 0.5) is 0 Å². The molecule has 3 aromatic rings. The smallest absolute Gasteiger partial charge is 0.240 e. The monoisotopic (exact) mass is 406 g/mol. The van der Waals surface area contributed by atoms with Crippen LogP contribution in [0.1, 0.15) is 11.5 Å². The van der Waals surface area contributed by atoms with Gasteiger partial charge >= 0.3 is 0 Å². The lowest BCUT2D eigenvalue weighted by Gasteiger charge is -2.07. The lowest BCUT2D eigenvalue weighted by molar-refractivity contribution is 0.521. The zero-order valence-electron chi connectivity index (χ0n) is 12.9. The fourth-order valence-electron chi connectivity index (χ4n) is 2.16. The summed E-state index contributed by atoms with van der Waals surface area (Å²) in [6.07, 6.45) is 1.55. The topological polar surface area (TPSA) is 72.2 Å². The van der Waals surface area contributed by atoms with E-state index in [4.69, 9.17) is 4.42 Å². The summed E-state index contributed by atoms with van der Waals surface area (Å²) in [6, 6.07) is 14.0. The molecule has 7 heteroatoms. The second-order valence-electron chi connectivity index (χ2n) is 5.23. The highest BCUT2D eigenvalue weighted by Crippen LogP contribution is 2.21. The first-order valence-corrected chi connectivity index (χ1v) is 9.48. The maximum absolute atomic E-state index is 12.4. The number of aromatic nitrogens is 1. The van der Waals surface area contributed by atoms with Crippen molar-refractivity contribution in [2.45, 2.75) is 18.4 Å². The Kier molecular flexibility index (Phi) is 4.84. The summed E-state index contributed by atoms with van der Waals surface area (Å²) in [5, 5.41) is 0. The van der Waals surface area contributed by atoms with Crippen molar-refractivity contribution in [1.82, 2.24) is 9.71 Å². The van der Waals surface area contributed by atoms with Gasteiger partial charge in [0, 0.05) is 23.5 Å². The van der Waals surface area contributed by atoms with Gasteiger partial charge in [0.15, 0.2) is 5.89 Å². The molecule has 0 amide bonds. The number of benzene rings is 2. The number of nitrogens with one attached hydrogen (secondary N) is 1. The van der Waals surface area contributed by atoms with Gasteiger partial charge in [-0.1, -0.05) is 40.2 Å². The Morgan fingerprint density at radius 1 is 1.08 bits per heavy atom. The average Bonchev–Trinajstić information content (AvgIpc) is 3.01. The maximum atomic E-state index is 12.4. The number of aryl methyl sites for hydroxylation is 1. The van der Waals surface area contributed by atoms with E-state index < -0.39 is 10.0 Å². The van der Waals surface area contributed by atoms with Crippen molar-refractivity contribution < 1.29 is 12.8 Å². The number of rotatable bonds is 5. The molecule has 0 radical (unpaired) electrons. The van der Waals surface area contributed by atoms with Gasteiger partial charge in [0.05, 0.1) is 4.90 Å². The Hall–Kier alpha value is -1.96. The van der Waals surface area contributed by atoms with E-state index in [1.807, 2.05) is 24.3 Å². The van der Waals surface area contributed by atoms with Crippen LogP contribution in [0.15, 0.2) is 68.6 Å². The number of nitrogens with zero attached hydrogens (tertiary/aromatic N) is 1. The van der Waals surface area contributed by atoms with E-state index in [0.29, 0.717) is 11.6 Å². The van der Waals surface area contributed by atoms with Crippen molar-refractivity contribution in [1.29, 1.82) is 0 Å². The molecule has 0 unspecified atom stereocenters. The SMILES string of the molecule is Cc1nc(-c2ccc(S(=O)(=O)NCc3ccc(Br)cc3)cc2)co1. The molecular formula is C17H15BrN2O3S. The Balaban J connectivity index is 1.73. The number of hydrogen-bond acceptors (Lipinski definition) is 4. The molecule has 1 aromatic heterocycles. The van der Waals surface area contributed by atoms with Gasteiger partial charge in [-0.3, -0.25) is 0 Å². The highest BCUT2D eigenvalue weighted by atomic mass is 79.9. The van der Waals surface area contributed by atoms with E-state index in [1.54, 1.807) is 37.5 Å². The Morgan fingerprint density at radius 2 is 1.75 bits per heavy atom. The molecule has 0 aliphatic rings. The van der Waals surface area contributed by atoms with Crippen LogP contribution in [-0.2, 0) is 16.6 Å². The molecule has 0 spiro atoms. The zero-order chi connectivity index (χ0) is 17.2. The molecule has 0 bridgehead atoms. The van der Waals surface area contributed by atoms with E-state index in [0.717, 1.165) is 15.6 Å². The number of halogens is 1. The second kappa shape index (κ2) is 6.88. The lowest BCUT2D eigenvalue weighted by Crippen LogP contribution is -2.23. The van der Waals surface area contributed by atoms with Crippen molar-refractivity contribution >= 4 is 26.0 Å². The van der Waals surface area contributed by atoms with E-state index in [1.165, 1.54) is 0 Å². The number of oxazole rings is 1. The van der Waals surface area contributed by atoms with Crippen molar-refractivity contribution in [3.05, 3.63) is 70.7 Å². The van der Waals surface area contributed by atoms with E-state index >= 15 is 0 Å². The van der Waals surface area contributed by atoms with Crippen LogP contribution >= 0.6 is 15.9 Å². The normalized spacial score (nSPS) is 11.6. The minimum Gasteiger partial charge on any atom is -0.449 e. The van der Waals surface area contributed by atoms with Crippen molar-refractivity contribution in [2.75, 3.05) is 0 Å². The summed E-state index contributed by atoms with van der Waals surface area (Å²) >= 11 is 3.35. The van der Waals surface area contributed by atoms with E-state index in [-0.39, 0.29) is 11.4 Å². The molecule has 0 aliphatic heterocycles. The van der Waals surface area contributed by atoms with Crippen molar-refractivity contribution in [3.63, 3.8) is 0 Å². The molecular weight excluding hydrogens is 392 g/mol. The first-order valence-electron chi connectivity index (χ1n) is 7.21. The van der Waals surface area contributed by atoms with Crippen LogP contribution < -0.4 is 4.72 Å². The molecule has 2 aromatic carbocycles. The molecule has 24 heavy (non-hydrogen) atoms. The van der Waals surface area contributed by atoms with Gasteiger partial charge in [0.2, 0.25) is 10.0 Å². The van der Waals surface area contributed by atoms with Crippen molar-refractivity contribution in [3.8, 4) is 11.3 Å². The van der Waals surface area contributed by atoms with Gasteiger partial charge in [-0.15, -0.1) is 0 Å². The fraction of sp³-hybridized carbons (Fsp3) is 0.118. The first-order chi connectivity index (χ1) is 11.4. The van der Waals surface area contributed by atoms with Crippen LogP contribution in [-0.4, -0.2) is 13.4 Å². The van der Waals surface area contributed by atoms with Gasteiger partial charge in [-0.05, 0) is 29.8 Å². The Bertz CT molecular complexity index is 933.